The maximum Gasteiger partial charge on any atom is 0.0991 e. The molecule has 0 radical (unpaired) electrons. The number of aromatic nitrogens is 3. The van der Waals surface area contributed by atoms with E-state index in [-0.39, 0.29) is 0 Å². The first-order chi connectivity index (χ1) is 11.9. The number of hydrogen-bond donors (Lipinski definition) is 0. The SMILES string of the molecule is CCn1cc(C(=Cc2ccccc2)n2ccnc2)c2ccccc21. The topological polar surface area (TPSA) is 22.8 Å². The Kier molecular flexibility index (Phi) is 3.75. The van der Waals surface area contributed by atoms with E-state index in [0.717, 1.165) is 12.2 Å². The quantitative estimate of drug-likeness (QED) is 0.525. The van der Waals surface area contributed by atoms with Crippen molar-refractivity contribution < 1.29 is 0 Å². The molecule has 0 fully saturated rings. The van der Waals surface area contributed by atoms with Gasteiger partial charge in [-0.25, -0.2) is 4.98 Å². The molecule has 0 saturated heterocycles. The third kappa shape index (κ3) is 2.54. The lowest BCUT2D eigenvalue weighted by molar-refractivity contribution is 0.796. The zero-order valence-electron chi connectivity index (χ0n) is 13.6. The molecule has 0 aliphatic carbocycles. The van der Waals surface area contributed by atoms with Crippen LogP contribution in [-0.4, -0.2) is 14.1 Å². The average Bonchev–Trinajstić information content (AvgIpc) is 3.29. The Morgan fingerprint density at radius 3 is 2.58 bits per heavy atom. The van der Waals surface area contributed by atoms with Crippen molar-refractivity contribution in [3.63, 3.8) is 0 Å². The van der Waals surface area contributed by atoms with Gasteiger partial charge >= 0.3 is 0 Å². The van der Waals surface area contributed by atoms with Crippen molar-refractivity contribution in [1.29, 1.82) is 0 Å². The van der Waals surface area contributed by atoms with Crippen molar-refractivity contribution in [3.05, 3.63) is 90.6 Å². The van der Waals surface area contributed by atoms with Crippen LogP contribution in [0, 0.1) is 0 Å². The second-order valence-electron chi connectivity index (χ2n) is 5.76. The molecule has 2 aromatic heterocycles. The van der Waals surface area contributed by atoms with E-state index in [1.807, 2.05) is 24.8 Å². The van der Waals surface area contributed by atoms with Crippen LogP contribution in [0.15, 0.2) is 79.5 Å². The van der Waals surface area contributed by atoms with E-state index in [2.05, 4.69) is 81.8 Å². The van der Waals surface area contributed by atoms with Crippen LogP contribution in [0.1, 0.15) is 18.1 Å². The van der Waals surface area contributed by atoms with Gasteiger partial charge in [0.2, 0.25) is 0 Å². The van der Waals surface area contributed by atoms with Crippen molar-refractivity contribution in [2.45, 2.75) is 13.5 Å². The van der Waals surface area contributed by atoms with Gasteiger partial charge in [-0.15, -0.1) is 0 Å². The highest BCUT2D eigenvalue weighted by molar-refractivity contribution is 5.97. The first-order valence-electron chi connectivity index (χ1n) is 8.20. The Morgan fingerprint density at radius 1 is 1.04 bits per heavy atom. The van der Waals surface area contributed by atoms with E-state index < -0.39 is 0 Å². The van der Waals surface area contributed by atoms with Crippen LogP contribution in [0.2, 0.25) is 0 Å². The molecule has 3 nitrogen and oxygen atoms in total. The monoisotopic (exact) mass is 313 g/mol. The molecule has 0 aliphatic heterocycles. The number of hydrogen-bond acceptors (Lipinski definition) is 1. The molecular formula is C21H19N3. The molecule has 0 spiro atoms. The van der Waals surface area contributed by atoms with Crippen LogP contribution in [0.25, 0.3) is 22.7 Å². The predicted molar refractivity (Wildman–Crippen MR) is 99.6 cm³/mol. The summed E-state index contributed by atoms with van der Waals surface area (Å²) in [7, 11) is 0. The summed E-state index contributed by atoms with van der Waals surface area (Å²) in [5, 5.41) is 1.26. The third-order valence-electron chi connectivity index (χ3n) is 4.29. The number of para-hydroxylation sites is 1. The molecule has 0 atom stereocenters. The van der Waals surface area contributed by atoms with Gasteiger partial charge in [0, 0.05) is 41.6 Å². The van der Waals surface area contributed by atoms with Crippen molar-refractivity contribution >= 4 is 22.7 Å². The summed E-state index contributed by atoms with van der Waals surface area (Å²) in [4.78, 5) is 4.23. The molecule has 118 valence electrons. The van der Waals surface area contributed by atoms with Crippen LogP contribution < -0.4 is 0 Å². The number of rotatable bonds is 4. The lowest BCUT2D eigenvalue weighted by Gasteiger charge is -2.08. The molecule has 4 aromatic rings. The van der Waals surface area contributed by atoms with Crippen molar-refractivity contribution in [3.8, 4) is 0 Å². The molecule has 2 aromatic carbocycles. The fourth-order valence-corrected chi connectivity index (χ4v) is 3.11. The Morgan fingerprint density at radius 2 is 1.83 bits per heavy atom. The van der Waals surface area contributed by atoms with Crippen LogP contribution in [-0.2, 0) is 6.54 Å². The molecule has 0 saturated carbocycles. The summed E-state index contributed by atoms with van der Waals surface area (Å²) in [6.45, 7) is 3.12. The highest BCUT2D eigenvalue weighted by atomic mass is 15.0. The highest BCUT2D eigenvalue weighted by Crippen LogP contribution is 2.29. The Labute approximate surface area is 141 Å². The fourth-order valence-electron chi connectivity index (χ4n) is 3.11. The molecule has 0 N–H and O–H groups in total. The van der Waals surface area contributed by atoms with E-state index in [4.69, 9.17) is 0 Å². The first-order valence-corrected chi connectivity index (χ1v) is 8.20. The maximum absolute atomic E-state index is 4.23. The van der Waals surface area contributed by atoms with E-state index in [0.29, 0.717) is 0 Å². The number of nitrogens with zero attached hydrogens (tertiary/aromatic N) is 3. The summed E-state index contributed by atoms with van der Waals surface area (Å²) in [5.41, 5.74) is 4.78. The second kappa shape index (κ2) is 6.20. The van der Waals surface area contributed by atoms with Crippen molar-refractivity contribution in [1.82, 2.24) is 14.1 Å². The molecule has 3 heteroatoms. The standard InChI is InChI=1S/C21H19N3/c1-2-23-15-19(18-10-6-7-11-20(18)23)21(24-13-12-22-16-24)14-17-8-4-3-5-9-17/h3-16H,2H2,1H3. The maximum atomic E-state index is 4.23. The molecular weight excluding hydrogens is 294 g/mol. The largest absolute Gasteiger partial charge is 0.347 e. The second-order valence-corrected chi connectivity index (χ2v) is 5.76. The molecule has 2 heterocycles. The van der Waals surface area contributed by atoms with Crippen LogP contribution >= 0.6 is 0 Å². The number of benzene rings is 2. The minimum absolute atomic E-state index is 0.947. The fraction of sp³-hybridized carbons (Fsp3) is 0.0952. The Hall–Kier alpha value is -3.07. The molecule has 24 heavy (non-hydrogen) atoms. The number of imidazole rings is 1. The summed E-state index contributed by atoms with van der Waals surface area (Å²) < 4.78 is 4.37. The zero-order chi connectivity index (χ0) is 16.4. The minimum Gasteiger partial charge on any atom is -0.347 e. The molecule has 0 bridgehead atoms. The van der Waals surface area contributed by atoms with E-state index in [1.165, 1.54) is 22.0 Å². The summed E-state index contributed by atoms with van der Waals surface area (Å²) >= 11 is 0. The van der Waals surface area contributed by atoms with Crippen LogP contribution in [0.4, 0.5) is 0 Å². The summed E-state index contributed by atoms with van der Waals surface area (Å²) in [6.07, 6.45) is 10.1. The van der Waals surface area contributed by atoms with Crippen molar-refractivity contribution in [2.75, 3.05) is 0 Å². The highest BCUT2D eigenvalue weighted by Gasteiger charge is 2.13. The van der Waals surface area contributed by atoms with Gasteiger partial charge < -0.3 is 9.13 Å². The van der Waals surface area contributed by atoms with Gasteiger partial charge in [0.15, 0.2) is 0 Å². The Bertz CT molecular complexity index is 977. The lowest BCUT2D eigenvalue weighted by Crippen LogP contribution is -1.96. The smallest absolute Gasteiger partial charge is 0.0991 e. The molecule has 0 unspecified atom stereocenters. The molecule has 0 amide bonds. The van der Waals surface area contributed by atoms with Gasteiger partial charge in [-0.1, -0.05) is 48.5 Å². The predicted octanol–water partition coefficient (Wildman–Crippen LogP) is 4.90. The van der Waals surface area contributed by atoms with Gasteiger partial charge in [0.05, 0.1) is 12.0 Å². The normalized spacial score (nSPS) is 12.0. The van der Waals surface area contributed by atoms with Crippen LogP contribution in [0.5, 0.6) is 0 Å². The lowest BCUT2D eigenvalue weighted by atomic mass is 10.1. The van der Waals surface area contributed by atoms with Gasteiger partial charge in [0.1, 0.15) is 0 Å². The van der Waals surface area contributed by atoms with Gasteiger partial charge in [-0.05, 0) is 24.6 Å². The van der Waals surface area contributed by atoms with Crippen LogP contribution in [0.3, 0.4) is 0 Å². The van der Waals surface area contributed by atoms with Crippen molar-refractivity contribution in [2.24, 2.45) is 0 Å². The average molecular weight is 313 g/mol. The number of aryl methyl sites for hydroxylation is 1. The van der Waals surface area contributed by atoms with E-state index in [1.54, 1.807) is 0 Å². The molecule has 4 rings (SSSR count). The molecule has 0 aliphatic rings. The third-order valence-corrected chi connectivity index (χ3v) is 4.29. The summed E-state index contributed by atoms with van der Waals surface area (Å²) in [6, 6.07) is 19.0. The minimum atomic E-state index is 0.947. The van der Waals surface area contributed by atoms with Gasteiger partial charge in [0.25, 0.3) is 0 Å². The summed E-state index contributed by atoms with van der Waals surface area (Å²) in [5.74, 6) is 0. The van der Waals surface area contributed by atoms with Gasteiger partial charge in [-0.3, -0.25) is 0 Å². The number of fused-ring (bicyclic) bond motifs is 1. The van der Waals surface area contributed by atoms with E-state index >= 15 is 0 Å². The Balaban J connectivity index is 1.97. The van der Waals surface area contributed by atoms with Gasteiger partial charge in [-0.2, -0.15) is 0 Å². The van der Waals surface area contributed by atoms with E-state index in [9.17, 15) is 0 Å². The zero-order valence-corrected chi connectivity index (χ0v) is 13.6. The first kappa shape index (κ1) is 14.5.